The van der Waals surface area contributed by atoms with Gasteiger partial charge in [0.05, 0.1) is 34.3 Å². The Hall–Kier alpha value is -4.70. The lowest BCUT2D eigenvalue weighted by atomic mass is 9.47. The van der Waals surface area contributed by atoms with Gasteiger partial charge in [0.1, 0.15) is 22.8 Å². The number of nitrogens with zero attached hydrogens (tertiary/aromatic N) is 3. The van der Waals surface area contributed by atoms with Crippen LogP contribution >= 0.6 is 0 Å². The Kier molecular flexibility index (Phi) is 6.93. The van der Waals surface area contributed by atoms with Crippen molar-refractivity contribution in [2.75, 3.05) is 33.1 Å². The Morgan fingerprint density at radius 3 is 2.20 bits per heavy atom. The summed E-state index contributed by atoms with van der Waals surface area (Å²) in [5, 5.41) is 45.2. The van der Waals surface area contributed by atoms with Crippen LogP contribution in [0.15, 0.2) is 47.2 Å². The molecule has 0 radical (unpaired) electrons. The highest BCUT2D eigenvalue weighted by atomic mass is 16.3. The first-order valence-corrected chi connectivity index (χ1v) is 14.1. The minimum atomic E-state index is -2.70. The summed E-state index contributed by atoms with van der Waals surface area (Å²) in [4.78, 5) is 43.9. The van der Waals surface area contributed by atoms with Crippen LogP contribution < -0.4 is 22.1 Å². The average molecular weight is 601 g/mol. The summed E-state index contributed by atoms with van der Waals surface area (Å²) >= 11 is 0. The third-order valence-electron chi connectivity index (χ3n) is 9.40. The Labute approximate surface area is 254 Å². The number of carbonyl (C=O) groups excluding carboxylic acids is 3. The highest BCUT2D eigenvalue weighted by molar-refractivity contribution is 6.25. The zero-order valence-corrected chi connectivity index (χ0v) is 25.2. The molecule has 2 aromatic rings. The lowest BCUT2D eigenvalue weighted by Crippen LogP contribution is -2.80. The number of ketones is 2. The van der Waals surface area contributed by atoms with Crippen LogP contribution in [0, 0.1) is 16.7 Å². The minimum absolute atomic E-state index is 0.0206. The number of benzene rings is 2. The molecule has 0 aromatic heterocycles. The number of phenolic OH excluding ortho intramolecular Hbond substituents is 1. The molecular formula is C32H36N6O6. The number of amides is 1. The molecule has 230 valence electrons. The summed E-state index contributed by atoms with van der Waals surface area (Å²) in [5.41, 5.74) is 14.7. The molecule has 0 bridgehead atoms. The van der Waals surface area contributed by atoms with Crippen LogP contribution in [0.1, 0.15) is 30.0 Å². The second kappa shape index (κ2) is 9.92. The van der Waals surface area contributed by atoms with Gasteiger partial charge in [-0.15, -0.1) is 0 Å². The van der Waals surface area contributed by atoms with Gasteiger partial charge in [0.15, 0.2) is 17.0 Å². The third-order valence-corrected chi connectivity index (χ3v) is 9.40. The van der Waals surface area contributed by atoms with Crippen LogP contribution in [0.3, 0.4) is 0 Å². The fourth-order valence-corrected chi connectivity index (χ4v) is 7.42. The monoisotopic (exact) mass is 600 g/mol. The van der Waals surface area contributed by atoms with E-state index in [1.54, 1.807) is 6.07 Å². The number of carbonyl (C=O) groups is 3. The first-order chi connectivity index (χ1) is 20.5. The highest BCUT2D eigenvalue weighted by Crippen LogP contribution is 2.59. The molecule has 5 rings (SSSR count). The molecule has 0 heterocycles. The van der Waals surface area contributed by atoms with Crippen molar-refractivity contribution in [3.05, 3.63) is 63.9 Å². The maximum atomic E-state index is 14.6. The van der Waals surface area contributed by atoms with Gasteiger partial charge in [0, 0.05) is 19.8 Å². The molecular weight excluding hydrogens is 564 g/mol. The van der Waals surface area contributed by atoms with Gasteiger partial charge in [0.2, 0.25) is 0 Å². The second-order valence-electron chi connectivity index (χ2n) is 12.4. The molecule has 0 saturated heterocycles. The molecule has 3 aliphatic carbocycles. The number of phenols is 1. The molecule has 44 heavy (non-hydrogen) atoms. The van der Waals surface area contributed by atoms with Gasteiger partial charge in [-0.3, -0.25) is 19.3 Å². The predicted molar refractivity (Wildman–Crippen MR) is 163 cm³/mol. The smallest absolute Gasteiger partial charge is 0.255 e. The summed E-state index contributed by atoms with van der Waals surface area (Å²) in [5.74, 6) is -5.56. The molecule has 12 nitrogen and oxygen atoms in total. The molecule has 1 fully saturated rings. The van der Waals surface area contributed by atoms with E-state index in [4.69, 9.17) is 17.2 Å². The summed E-state index contributed by atoms with van der Waals surface area (Å²) in [6.45, 7) is 1.83. The number of primary amides is 1. The number of nitrogens with two attached hydrogens (primary N) is 3. The third kappa shape index (κ3) is 3.76. The van der Waals surface area contributed by atoms with Crippen LogP contribution in [0.2, 0.25) is 0 Å². The topological polar surface area (TPSA) is 220 Å². The van der Waals surface area contributed by atoms with Crippen LogP contribution in [0.5, 0.6) is 5.75 Å². The largest absolute Gasteiger partial charge is 0.509 e. The number of nitriles is 1. The molecule has 3 aliphatic rings. The number of aliphatic hydroxyl groups is 2. The molecule has 0 aliphatic heterocycles. The number of aryl methyl sites for hydroxylation is 1. The van der Waals surface area contributed by atoms with E-state index in [0.717, 1.165) is 11.3 Å². The number of fused-ring (bicyclic) bond motifs is 3. The molecule has 4 atom stereocenters. The lowest BCUT2D eigenvalue weighted by molar-refractivity contribution is -0.139. The second-order valence-corrected chi connectivity index (χ2v) is 12.4. The van der Waals surface area contributed by atoms with Gasteiger partial charge in [-0.25, -0.2) is 0 Å². The molecule has 2 aromatic carbocycles. The first kappa shape index (κ1) is 30.7. The van der Waals surface area contributed by atoms with E-state index < -0.39 is 69.1 Å². The van der Waals surface area contributed by atoms with Crippen molar-refractivity contribution >= 4 is 28.9 Å². The van der Waals surface area contributed by atoms with E-state index in [2.05, 4.69) is 0 Å². The predicted octanol–water partition coefficient (Wildman–Crippen LogP) is 1.20. The Morgan fingerprint density at radius 1 is 1.09 bits per heavy atom. The number of rotatable bonds is 5. The average Bonchev–Trinajstić information content (AvgIpc) is 2.92. The maximum absolute atomic E-state index is 14.6. The van der Waals surface area contributed by atoms with Crippen molar-refractivity contribution in [2.45, 2.75) is 43.3 Å². The fraction of sp³-hybridized carbons (Fsp3) is 0.375. The normalized spacial score (nSPS) is 27.9. The maximum Gasteiger partial charge on any atom is 0.255 e. The fourth-order valence-electron chi connectivity index (χ4n) is 7.42. The molecule has 1 saturated carbocycles. The van der Waals surface area contributed by atoms with Crippen LogP contribution in [0.4, 0.5) is 5.69 Å². The Morgan fingerprint density at radius 2 is 1.70 bits per heavy atom. The van der Waals surface area contributed by atoms with Gasteiger partial charge in [-0.05, 0) is 73.8 Å². The van der Waals surface area contributed by atoms with Gasteiger partial charge >= 0.3 is 0 Å². The standard InChI is InChI=1S/C32H36N6O6/c1-6-15-11-18(16-7-9-17(10-8-16)37(2)3)19-12-30(35)13-32(36)26(38(4)5)25(41)21(29(34)44)27(42)31(32,14-33)28(43)22(30)24(40)20(19)23(15)39/h7-11,26,39-40,42H,6,12-13,35-36H2,1-5H3,(H2,34,44)/t26-,30-,31+,32-/m1/s1. The van der Waals surface area contributed by atoms with Gasteiger partial charge < -0.3 is 37.4 Å². The van der Waals surface area contributed by atoms with Crippen molar-refractivity contribution in [3.8, 4) is 22.9 Å². The van der Waals surface area contributed by atoms with Crippen molar-refractivity contribution < 1.29 is 29.7 Å². The van der Waals surface area contributed by atoms with Gasteiger partial charge in [-0.2, -0.15) is 5.26 Å². The molecule has 0 spiro atoms. The molecule has 9 N–H and O–H groups in total. The van der Waals surface area contributed by atoms with E-state index >= 15 is 0 Å². The number of anilines is 1. The molecule has 12 heteroatoms. The van der Waals surface area contributed by atoms with Crippen LogP contribution in [0.25, 0.3) is 16.9 Å². The lowest BCUT2D eigenvalue weighted by Gasteiger charge is -2.58. The number of aromatic hydroxyl groups is 1. The summed E-state index contributed by atoms with van der Waals surface area (Å²) < 4.78 is 0. The van der Waals surface area contributed by atoms with E-state index in [0.29, 0.717) is 23.1 Å². The van der Waals surface area contributed by atoms with Crippen LogP contribution in [-0.4, -0.2) is 83.0 Å². The van der Waals surface area contributed by atoms with E-state index in [9.17, 15) is 35.0 Å². The van der Waals surface area contributed by atoms with Crippen molar-refractivity contribution in [2.24, 2.45) is 22.6 Å². The number of hydrogen-bond donors (Lipinski definition) is 6. The Bertz CT molecular complexity index is 1750. The van der Waals surface area contributed by atoms with E-state index in [1.165, 1.54) is 19.0 Å². The zero-order valence-electron chi connectivity index (χ0n) is 25.2. The minimum Gasteiger partial charge on any atom is -0.509 e. The molecule has 0 unspecified atom stereocenters. The zero-order chi connectivity index (χ0) is 32.7. The highest BCUT2D eigenvalue weighted by Gasteiger charge is 2.74. The van der Waals surface area contributed by atoms with Gasteiger partial charge in [0.25, 0.3) is 5.91 Å². The number of likely N-dealkylation sites (N-methyl/N-ethyl adjacent to an activating group) is 1. The SMILES string of the molecule is CCc1cc(-c2ccc(N(C)C)cc2)c2c(c1O)C(O)=C1C(=O)[C@]3(C#N)C(O)=C(C(N)=O)C(=O)[C@@H](N(C)C)[C@]3(N)C[C@]1(N)C2. The quantitative estimate of drug-likeness (QED) is 0.268. The Balaban J connectivity index is 1.86. The van der Waals surface area contributed by atoms with E-state index in [-0.39, 0.29) is 17.7 Å². The summed E-state index contributed by atoms with van der Waals surface area (Å²) in [7, 11) is 6.78. The van der Waals surface area contributed by atoms with Crippen LogP contribution in [-0.2, 0) is 27.2 Å². The van der Waals surface area contributed by atoms with E-state index in [1.807, 2.05) is 56.3 Å². The van der Waals surface area contributed by atoms with Gasteiger partial charge in [-0.1, -0.05) is 19.1 Å². The summed E-state index contributed by atoms with van der Waals surface area (Å²) in [6, 6.07) is 9.77. The van der Waals surface area contributed by atoms with Crippen molar-refractivity contribution in [3.63, 3.8) is 0 Å². The summed E-state index contributed by atoms with van der Waals surface area (Å²) in [6.07, 6.45) is -0.158. The first-order valence-electron chi connectivity index (χ1n) is 14.1. The molecule has 1 amide bonds. The van der Waals surface area contributed by atoms with Crippen molar-refractivity contribution in [1.29, 1.82) is 5.26 Å². The van der Waals surface area contributed by atoms with Crippen molar-refractivity contribution in [1.82, 2.24) is 4.90 Å². The number of Topliss-reactive ketones (excluding diaryl/α,β-unsaturated/α-hetero) is 2. The number of aliphatic hydroxyl groups excluding tert-OH is 2. The number of hydrogen-bond acceptors (Lipinski definition) is 11.